The molecule has 3 fully saturated rings. The molecule has 7 nitrogen and oxygen atoms in total. The number of nitrogens with zero attached hydrogens (tertiary/aromatic N) is 5. The van der Waals surface area contributed by atoms with Crippen LogP contribution >= 0.6 is 0 Å². The number of fused-ring (bicyclic) bond motifs is 5. The zero-order valence-electron chi connectivity index (χ0n) is 14.7. The van der Waals surface area contributed by atoms with Gasteiger partial charge in [0.25, 0.3) is 5.91 Å². The van der Waals surface area contributed by atoms with Gasteiger partial charge in [-0.05, 0) is 31.7 Å². The van der Waals surface area contributed by atoms with Crippen molar-refractivity contribution in [3.63, 3.8) is 0 Å². The third-order valence-electron chi connectivity index (χ3n) is 5.26. The predicted molar refractivity (Wildman–Crippen MR) is 92.1 cm³/mol. The van der Waals surface area contributed by atoms with Gasteiger partial charge >= 0.3 is 0 Å². The Kier molecular flexibility index (Phi) is 3.94. The van der Waals surface area contributed by atoms with Crippen LogP contribution in [0.3, 0.4) is 0 Å². The summed E-state index contributed by atoms with van der Waals surface area (Å²) in [4.78, 5) is 33.9. The van der Waals surface area contributed by atoms with E-state index in [1.165, 1.54) is 0 Å². The van der Waals surface area contributed by atoms with Gasteiger partial charge in [-0.1, -0.05) is 6.92 Å². The van der Waals surface area contributed by atoms with E-state index in [2.05, 4.69) is 17.0 Å². The minimum atomic E-state index is -0.0775. The summed E-state index contributed by atoms with van der Waals surface area (Å²) in [7, 11) is 0. The van der Waals surface area contributed by atoms with Crippen molar-refractivity contribution in [2.45, 2.75) is 39.2 Å². The number of aromatic nitrogens is 3. The third-order valence-corrected chi connectivity index (χ3v) is 5.26. The molecule has 3 aliphatic rings. The normalized spacial score (nSPS) is 23.4. The van der Waals surface area contributed by atoms with E-state index in [-0.39, 0.29) is 23.8 Å². The molecule has 0 aliphatic carbocycles. The Bertz CT molecular complexity index is 830. The SMILES string of the molecule is CCCN1C(=O)C2CCC1CN(C(=O)c1cnn3cc(C)cnc13)C2. The molecule has 5 rings (SSSR count). The standard InChI is InChI=1S/C18H23N5O2/c1-3-6-22-14-5-4-13(17(22)24)10-21(11-14)18(25)15-8-20-23-9-12(2)7-19-16(15)23/h7-9,13-14H,3-6,10-11H2,1-2H3. The molecule has 7 heteroatoms. The summed E-state index contributed by atoms with van der Waals surface area (Å²) in [5, 5.41) is 4.26. The van der Waals surface area contributed by atoms with Crippen LogP contribution in [-0.2, 0) is 4.79 Å². The van der Waals surface area contributed by atoms with Crippen molar-refractivity contribution in [2.24, 2.45) is 5.92 Å². The zero-order chi connectivity index (χ0) is 17.6. The van der Waals surface area contributed by atoms with E-state index in [1.807, 2.05) is 22.9 Å². The second kappa shape index (κ2) is 6.13. The lowest BCUT2D eigenvalue weighted by atomic mass is 9.94. The Morgan fingerprint density at radius 2 is 2.12 bits per heavy atom. The average molecular weight is 341 g/mol. The Hall–Kier alpha value is -2.44. The molecular weight excluding hydrogens is 318 g/mol. The van der Waals surface area contributed by atoms with E-state index in [9.17, 15) is 9.59 Å². The van der Waals surface area contributed by atoms with E-state index in [4.69, 9.17) is 0 Å². The molecule has 0 spiro atoms. The molecule has 2 amide bonds. The molecule has 0 saturated carbocycles. The zero-order valence-corrected chi connectivity index (χ0v) is 14.7. The summed E-state index contributed by atoms with van der Waals surface area (Å²) >= 11 is 0. The summed E-state index contributed by atoms with van der Waals surface area (Å²) in [5.74, 6) is 0.0581. The van der Waals surface area contributed by atoms with Gasteiger partial charge in [0.1, 0.15) is 5.56 Å². The molecule has 2 aromatic rings. The highest BCUT2D eigenvalue weighted by Gasteiger charge is 2.41. The summed E-state index contributed by atoms with van der Waals surface area (Å²) in [6, 6.07) is 0.132. The average Bonchev–Trinajstić information content (AvgIpc) is 2.81. The van der Waals surface area contributed by atoms with E-state index in [0.29, 0.717) is 24.3 Å². The second-order valence-corrected chi connectivity index (χ2v) is 7.13. The number of hydrogen-bond acceptors (Lipinski definition) is 4. The van der Waals surface area contributed by atoms with Crippen LogP contribution in [0.5, 0.6) is 0 Å². The van der Waals surface area contributed by atoms with Crippen LogP contribution in [0.15, 0.2) is 18.6 Å². The maximum Gasteiger partial charge on any atom is 0.259 e. The Balaban J connectivity index is 1.63. The van der Waals surface area contributed by atoms with Crippen LogP contribution in [0.1, 0.15) is 42.1 Å². The molecule has 2 unspecified atom stereocenters. The van der Waals surface area contributed by atoms with Crippen LogP contribution in [0.25, 0.3) is 5.65 Å². The van der Waals surface area contributed by atoms with Crippen LogP contribution < -0.4 is 0 Å². The third kappa shape index (κ3) is 2.67. The smallest absolute Gasteiger partial charge is 0.259 e. The summed E-state index contributed by atoms with van der Waals surface area (Å²) in [6.07, 6.45) is 7.99. The molecule has 2 bridgehead atoms. The highest BCUT2D eigenvalue weighted by molar-refractivity contribution is 6.00. The lowest BCUT2D eigenvalue weighted by Gasteiger charge is -2.35. The first-order valence-electron chi connectivity index (χ1n) is 8.98. The largest absolute Gasteiger partial charge is 0.338 e. The molecule has 132 valence electrons. The minimum absolute atomic E-state index is 0.0746. The number of amides is 2. The van der Waals surface area contributed by atoms with Crippen LogP contribution in [0.2, 0.25) is 0 Å². The molecule has 0 radical (unpaired) electrons. The second-order valence-electron chi connectivity index (χ2n) is 7.13. The molecule has 0 aromatic carbocycles. The highest BCUT2D eigenvalue weighted by atomic mass is 16.2. The van der Waals surface area contributed by atoms with Gasteiger partial charge in [-0.2, -0.15) is 5.10 Å². The van der Waals surface area contributed by atoms with Gasteiger partial charge in [-0.3, -0.25) is 9.59 Å². The van der Waals surface area contributed by atoms with Crippen LogP contribution in [-0.4, -0.2) is 61.9 Å². The van der Waals surface area contributed by atoms with Gasteiger partial charge in [0.05, 0.1) is 12.1 Å². The quantitative estimate of drug-likeness (QED) is 0.848. The highest BCUT2D eigenvalue weighted by Crippen LogP contribution is 2.30. The molecule has 0 N–H and O–H groups in total. The summed E-state index contributed by atoms with van der Waals surface area (Å²) in [5.41, 5.74) is 2.07. The fourth-order valence-corrected chi connectivity index (χ4v) is 4.03. The van der Waals surface area contributed by atoms with Gasteiger partial charge in [0, 0.05) is 38.1 Å². The van der Waals surface area contributed by atoms with Crippen molar-refractivity contribution >= 4 is 17.5 Å². The van der Waals surface area contributed by atoms with Crippen molar-refractivity contribution in [1.82, 2.24) is 24.4 Å². The van der Waals surface area contributed by atoms with E-state index in [1.54, 1.807) is 16.9 Å². The Morgan fingerprint density at radius 3 is 2.92 bits per heavy atom. The van der Waals surface area contributed by atoms with Crippen molar-refractivity contribution in [3.8, 4) is 0 Å². The van der Waals surface area contributed by atoms with Gasteiger partial charge in [0.2, 0.25) is 5.91 Å². The number of piperidine rings is 1. The number of aryl methyl sites for hydroxylation is 1. The van der Waals surface area contributed by atoms with Gasteiger partial charge < -0.3 is 9.80 Å². The monoisotopic (exact) mass is 341 g/mol. The first kappa shape index (κ1) is 16.1. The summed E-state index contributed by atoms with van der Waals surface area (Å²) < 4.78 is 1.64. The van der Waals surface area contributed by atoms with Crippen molar-refractivity contribution < 1.29 is 9.59 Å². The first-order valence-corrected chi connectivity index (χ1v) is 8.98. The molecule has 3 saturated heterocycles. The van der Waals surface area contributed by atoms with E-state index in [0.717, 1.165) is 31.4 Å². The fourth-order valence-electron chi connectivity index (χ4n) is 4.03. The molecular formula is C18H23N5O2. The van der Waals surface area contributed by atoms with Crippen molar-refractivity contribution in [3.05, 3.63) is 29.7 Å². The van der Waals surface area contributed by atoms with Gasteiger partial charge in [0.15, 0.2) is 5.65 Å². The fraction of sp³-hybridized carbons (Fsp3) is 0.556. The number of hydrogen-bond donors (Lipinski definition) is 0. The maximum atomic E-state index is 13.1. The number of rotatable bonds is 3. The number of carbonyl (C=O) groups excluding carboxylic acids is 2. The molecule has 2 aromatic heterocycles. The first-order chi connectivity index (χ1) is 12.1. The Labute approximate surface area is 146 Å². The lowest BCUT2D eigenvalue weighted by molar-refractivity contribution is -0.139. The molecule has 3 aliphatic heterocycles. The van der Waals surface area contributed by atoms with Gasteiger partial charge in [-0.25, -0.2) is 9.50 Å². The van der Waals surface area contributed by atoms with Crippen molar-refractivity contribution in [2.75, 3.05) is 19.6 Å². The summed E-state index contributed by atoms with van der Waals surface area (Å²) in [6.45, 7) is 5.90. The van der Waals surface area contributed by atoms with E-state index < -0.39 is 0 Å². The minimum Gasteiger partial charge on any atom is -0.338 e. The van der Waals surface area contributed by atoms with E-state index >= 15 is 0 Å². The molecule has 2 atom stereocenters. The number of carbonyl (C=O) groups is 2. The van der Waals surface area contributed by atoms with Crippen LogP contribution in [0, 0.1) is 12.8 Å². The predicted octanol–water partition coefficient (Wildman–Crippen LogP) is 1.51. The molecule has 25 heavy (non-hydrogen) atoms. The van der Waals surface area contributed by atoms with Crippen molar-refractivity contribution in [1.29, 1.82) is 0 Å². The maximum absolute atomic E-state index is 13.1. The lowest BCUT2D eigenvalue weighted by Crippen LogP contribution is -2.48. The topological polar surface area (TPSA) is 70.8 Å². The molecule has 5 heterocycles. The van der Waals surface area contributed by atoms with Gasteiger partial charge in [-0.15, -0.1) is 0 Å². The Morgan fingerprint density at radius 1 is 1.28 bits per heavy atom. The van der Waals surface area contributed by atoms with Crippen LogP contribution in [0.4, 0.5) is 0 Å².